The van der Waals surface area contributed by atoms with Gasteiger partial charge in [0.1, 0.15) is 10.7 Å². The van der Waals surface area contributed by atoms with E-state index in [1.807, 2.05) is 0 Å². The van der Waals surface area contributed by atoms with Crippen molar-refractivity contribution in [3.63, 3.8) is 0 Å². The van der Waals surface area contributed by atoms with Gasteiger partial charge in [-0.1, -0.05) is 35.8 Å². The van der Waals surface area contributed by atoms with E-state index in [0.29, 0.717) is 27.7 Å². The first-order valence-corrected chi connectivity index (χ1v) is 12.4. The molecule has 2 aromatic carbocycles. The molecule has 0 aliphatic rings. The Balaban J connectivity index is 1.92. The van der Waals surface area contributed by atoms with Crippen molar-refractivity contribution < 1.29 is 14.4 Å². The fourth-order valence-corrected chi connectivity index (χ4v) is 4.30. The quantitative estimate of drug-likeness (QED) is 0.179. The Morgan fingerprint density at radius 1 is 1.08 bits per heavy atom. The van der Waals surface area contributed by atoms with Gasteiger partial charge in [0.05, 0.1) is 10.7 Å². The Morgan fingerprint density at radius 2 is 1.83 bits per heavy atom. The van der Waals surface area contributed by atoms with Crippen LogP contribution in [0.15, 0.2) is 64.3 Å². The van der Waals surface area contributed by atoms with Crippen LogP contribution in [0.2, 0.25) is 10.0 Å². The van der Waals surface area contributed by atoms with E-state index in [1.165, 1.54) is 23.7 Å². The van der Waals surface area contributed by atoms with Crippen molar-refractivity contribution in [2.24, 2.45) is 0 Å². The number of aromatic nitrogens is 2. The van der Waals surface area contributed by atoms with E-state index in [9.17, 15) is 19.2 Å². The van der Waals surface area contributed by atoms with E-state index < -0.39 is 11.5 Å². The predicted molar refractivity (Wildman–Crippen MR) is 144 cm³/mol. The summed E-state index contributed by atoms with van der Waals surface area (Å²) < 4.78 is 1.19. The summed E-state index contributed by atoms with van der Waals surface area (Å²) in [6.07, 6.45) is 0. The second kappa shape index (κ2) is 12.0. The molecule has 0 saturated carbocycles. The Bertz CT molecular complexity index is 1400. The maximum Gasteiger partial charge on any atom is 0.287 e. The number of hydrogen-bond donors (Lipinski definition) is 4. The molecule has 3 rings (SSSR count). The van der Waals surface area contributed by atoms with Gasteiger partial charge in [0.15, 0.2) is 0 Å². The third-order valence-corrected chi connectivity index (χ3v) is 6.33. The lowest BCUT2D eigenvalue weighted by Gasteiger charge is -2.08. The van der Waals surface area contributed by atoms with E-state index >= 15 is 0 Å². The van der Waals surface area contributed by atoms with E-state index in [-0.39, 0.29) is 39.7 Å². The molecule has 0 atom stereocenters. The number of carbonyl (C=O) groups excluding carboxylic acids is 3. The molecule has 188 valence electrons. The first-order chi connectivity index (χ1) is 17.1. The number of anilines is 2. The molecule has 0 aliphatic carbocycles. The number of nitrogens with one attached hydrogen (secondary N) is 4. The van der Waals surface area contributed by atoms with Crippen LogP contribution >= 0.6 is 35.0 Å². The zero-order chi connectivity index (χ0) is 26.4. The van der Waals surface area contributed by atoms with Gasteiger partial charge in [-0.2, -0.15) is 0 Å². The lowest BCUT2D eigenvalue weighted by atomic mass is 10.2. The van der Waals surface area contributed by atoms with Gasteiger partial charge in [-0.05, 0) is 43.3 Å². The minimum Gasteiger partial charge on any atom is -0.352 e. The van der Waals surface area contributed by atoms with Gasteiger partial charge in [-0.3, -0.25) is 24.3 Å². The average molecular weight is 548 g/mol. The van der Waals surface area contributed by atoms with Gasteiger partial charge >= 0.3 is 0 Å². The molecule has 0 unspecified atom stereocenters. The molecule has 3 amide bonds. The second-order valence-corrected chi connectivity index (χ2v) is 9.60. The Labute approximate surface area is 221 Å². The van der Waals surface area contributed by atoms with Crippen LogP contribution in [0.25, 0.3) is 5.69 Å². The molecule has 0 fully saturated rings. The number of nitrogens with zero attached hydrogens (tertiary/aromatic N) is 1. The van der Waals surface area contributed by atoms with Crippen LogP contribution in [0.3, 0.4) is 0 Å². The van der Waals surface area contributed by atoms with Crippen molar-refractivity contribution >= 4 is 64.2 Å². The molecule has 1 heterocycles. The number of H-pyrrole nitrogens is 1. The standard InChI is InChI=1S/C24H23Cl2N5O4S/c1-13(2)22(33)27-9-10-36-20-21(29-23(34)15-5-4-6-17(11-15)28-14(3)32)30-31(24(20)35)19-12-16(25)7-8-18(19)26/h4-8,11-12,30H,1,9-10H2,2-3H3,(H,27,33)(H,28,32)(H,29,34). The highest BCUT2D eigenvalue weighted by molar-refractivity contribution is 7.99. The summed E-state index contributed by atoms with van der Waals surface area (Å²) in [6, 6.07) is 11.0. The first kappa shape index (κ1) is 27.1. The van der Waals surface area contributed by atoms with Crippen molar-refractivity contribution in [2.45, 2.75) is 18.7 Å². The highest BCUT2D eigenvalue weighted by atomic mass is 35.5. The lowest BCUT2D eigenvalue weighted by Crippen LogP contribution is -2.26. The average Bonchev–Trinajstić information content (AvgIpc) is 3.12. The van der Waals surface area contributed by atoms with Gasteiger partial charge in [0, 0.05) is 41.1 Å². The maximum absolute atomic E-state index is 13.3. The number of thioether (sulfide) groups is 1. The molecule has 36 heavy (non-hydrogen) atoms. The minimum atomic E-state index is -0.509. The number of hydrogen-bond acceptors (Lipinski definition) is 5. The van der Waals surface area contributed by atoms with Crippen molar-refractivity contribution in [3.8, 4) is 5.69 Å². The van der Waals surface area contributed by atoms with Gasteiger partial charge in [-0.15, -0.1) is 11.8 Å². The minimum absolute atomic E-state index is 0.141. The van der Waals surface area contributed by atoms with Crippen molar-refractivity contribution in [1.29, 1.82) is 0 Å². The molecule has 0 saturated heterocycles. The number of aromatic amines is 1. The van der Waals surface area contributed by atoms with E-state index in [4.69, 9.17) is 23.2 Å². The topological polar surface area (TPSA) is 125 Å². The van der Waals surface area contributed by atoms with Crippen molar-refractivity contribution in [1.82, 2.24) is 15.1 Å². The molecule has 0 radical (unpaired) electrons. The molecule has 0 aliphatic heterocycles. The normalized spacial score (nSPS) is 10.6. The van der Waals surface area contributed by atoms with E-state index in [1.54, 1.807) is 37.3 Å². The Hall–Kier alpha value is -3.47. The van der Waals surface area contributed by atoms with Gasteiger partial charge in [0.25, 0.3) is 11.5 Å². The van der Waals surface area contributed by atoms with Crippen molar-refractivity contribution in [3.05, 3.63) is 80.6 Å². The van der Waals surface area contributed by atoms with Crippen LogP contribution in [0, 0.1) is 0 Å². The monoisotopic (exact) mass is 547 g/mol. The Morgan fingerprint density at radius 3 is 2.53 bits per heavy atom. The summed E-state index contributed by atoms with van der Waals surface area (Å²) in [4.78, 5) is 49.6. The fraction of sp³-hybridized carbons (Fsp3) is 0.167. The van der Waals surface area contributed by atoms with E-state index in [0.717, 1.165) is 11.8 Å². The van der Waals surface area contributed by atoms with Crippen LogP contribution < -0.4 is 21.5 Å². The van der Waals surface area contributed by atoms with Gasteiger partial charge in [0.2, 0.25) is 11.8 Å². The summed E-state index contributed by atoms with van der Waals surface area (Å²) in [7, 11) is 0. The first-order valence-electron chi connectivity index (χ1n) is 10.6. The van der Waals surface area contributed by atoms with Crippen LogP contribution in [-0.4, -0.2) is 39.8 Å². The largest absolute Gasteiger partial charge is 0.352 e. The highest BCUT2D eigenvalue weighted by Crippen LogP contribution is 2.28. The third kappa shape index (κ3) is 6.81. The second-order valence-electron chi connectivity index (χ2n) is 7.65. The molecular formula is C24H23Cl2N5O4S. The Kier molecular flexibility index (Phi) is 9.03. The van der Waals surface area contributed by atoms with Crippen LogP contribution in [0.1, 0.15) is 24.2 Å². The maximum atomic E-state index is 13.3. The molecule has 4 N–H and O–H groups in total. The van der Waals surface area contributed by atoms with Crippen LogP contribution in [-0.2, 0) is 9.59 Å². The fourth-order valence-electron chi connectivity index (χ4n) is 3.06. The molecular weight excluding hydrogens is 525 g/mol. The molecule has 3 aromatic rings. The molecule has 1 aromatic heterocycles. The predicted octanol–water partition coefficient (Wildman–Crippen LogP) is 4.47. The van der Waals surface area contributed by atoms with Crippen LogP contribution in [0.5, 0.6) is 0 Å². The summed E-state index contributed by atoms with van der Waals surface area (Å²) in [6.45, 7) is 6.81. The number of benzene rings is 2. The molecule has 9 nitrogen and oxygen atoms in total. The third-order valence-electron chi connectivity index (χ3n) is 4.70. The molecule has 0 spiro atoms. The SMILES string of the molecule is C=C(C)C(=O)NCCSc1c(NC(=O)c2cccc(NC(C)=O)c2)[nH]n(-c2cc(Cl)ccc2Cl)c1=O. The van der Waals surface area contributed by atoms with Gasteiger partial charge in [-0.25, -0.2) is 4.68 Å². The number of rotatable bonds is 9. The summed E-state index contributed by atoms with van der Waals surface area (Å²) in [5, 5.41) is 11.6. The van der Waals surface area contributed by atoms with E-state index in [2.05, 4.69) is 27.6 Å². The zero-order valence-corrected chi connectivity index (χ0v) is 21.7. The lowest BCUT2D eigenvalue weighted by molar-refractivity contribution is -0.117. The summed E-state index contributed by atoms with van der Waals surface area (Å²) in [5.41, 5.74) is 0.932. The number of amides is 3. The summed E-state index contributed by atoms with van der Waals surface area (Å²) in [5.74, 6) is -0.589. The summed E-state index contributed by atoms with van der Waals surface area (Å²) >= 11 is 13.5. The molecule has 12 heteroatoms. The van der Waals surface area contributed by atoms with Gasteiger partial charge < -0.3 is 16.0 Å². The highest BCUT2D eigenvalue weighted by Gasteiger charge is 2.20. The number of halogens is 2. The molecule has 0 bridgehead atoms. The smallest absolute Gasteiger partial charge is 0.287 e. The number of carbonyl (C=O) groups is 3. The van der Waals surface area contributed by atoms with Crippen LogP contribution in [0.4, 0.5) is 11.5 Å². The zero-order valence-electron chi connectivity index (χ0n) is 19.4. The van der Waals surface area contributed by atoms with Crippen molar-refractivity contribution in [2.75, 3.05) is 22.9 Å².